The van der Waals surface area contributed by atoms with Crippen molar-refractivity contribution >= 4 is 35.5 Å². The molecule has 0 aliphatic carbocycles. The molecule has 3 nitrogen and oxygen atoms in total. The van der Waals surface area contributed by atoms with Crippen molar-refractivity contribution in [3.05, 3.63) is 0 Å². The molecule has 0 bridgehead atoms. The van der Waals surface area contributed by atoms with Crippen LogP contribution in [0, 0.1) is 0 Å². The minimum absolute atomic E-state index is 0. The molecule has 0 spiro atoms. The number of hydrogen-bond acceptors (Lipinski definition) is 2. The Kier molecular flexibility index (Phi) is 16.8. The smallest absolute Gasteiger partial charge is 0.332 e. The first-order chi connectivity index (χ1) is 2.64. The van der Waals surface area contributed by atoms with E-state index in [9.17, 15) is 4.79 Å². The number of carboxylic acid groups (broad SMARTS) is 1. The van der Waals surface area contributed by atoms with E-state index in [1.165, 1.54) is 6.92 Å². The van der Waals surface area contributed by atoms with E-state index in [-0.39, 0.29) is 55.8 Å². The summed E-state index contributed by atoms with van der Waals surface area (Å²) < 4.78 is 0. The molecule has 0 heterocycles. The molecule has 5 heteroatoms. The third kappa shape index (κ3) is 10.3. The number of rotatable bonds is 1. The van der Waals surface area contributed by atoms with Crippen LogP contribution < -0.4 is 0 Å². The van der Waals surface area contributed by atoms with Crippen LogP contribution in [0.1, 0.15) is 6.92 Å². The maximum absolute atomic E-state index is 9.45. The monoisotopic (exact) mass is 203 g/mol. The van der Waals surface area contributed by atoms with Gasteiger partial charge in [0.2, 0.25) is 0 Å². The fraction of sp³-hybridized carbons (Fsp3) is 0.667. The van der Waals surface area contributed by atoms with Crippen molar-refractivity contribution in [2.75, 3.05) is 0 Å². The number of carbonyl (C=O) groups is 1. The van der Waals surface area contributed by atoms with Crippen LogP contribution in [0.4, 0.5) is 0 Å². The van der Waals surface area contributed by atoms with E-state index in [4.69, 9.17) is 10.2 Å². The molecule has 0 saturated heterocycles. The Labute approximate surface area is 88.9 Å². The topological polar surface area (TPSA) is 57.5 Å². The average molecular weight is 204 g/mol. The Morgan fingerprint density at radius 2 is 1.75 bits per heavy atom. The SMILES string of the molecule is CC(O)C(=O)O.[Na].[Zr]. The fourth-order valence-electron chi connectivity index (χ4n) is 0. The van der Waals surface area contributed by atoms with E-state index in [1.807, 2.05) is 0 Å². The molecule has 1 atom stereocenters. The van der Waals surface area contributed by atoms with Crippen molar-refractivity contribution < 1.29 is 41.2 Å². The van der Waals surface area contributed by atoms with E-state index in [1.54, 1.807) is 0 Å². The summed E-state index contributed by atoms with van der Waals surface area (Å²) in [7, 11) is 0. The quantitative estimate of drug-likeness (QED) is 0.543. The first kappa shape index (κ1) is 16.1. The van der Waals surface area contributed by atoms with Gasteiger partial charge in [-0.3, -0.25) is 0 Å². The van der Waals surface area contributed by atoms with Gasteiger partial charge in [-0.25, -0.2) is 4.79 Å². The van der Waals surface area contributed by atoms with Gasteiger partial charge < -0.3 is 10.2 Å². The molecule has 8 heavy (non-hydrogen) atoms. The van der Waals surface area contributed by atoms with Crippen molar-refractivity contribution in [1.29, 1.82) is 0 Å². The van der Waals surface area contributed by atoms with Gasteiger partial charge in [0.25, 0.3) is 0 Å². The largest absolute Gasteiger partial charge is 0.479 e. The van der Waals surface area contributed by atoms with Crippen molar-refractivity contribution in [2.45, 2.75) is 13.0 Å². The number of aliphatic hydroxyl groups excluding tert-OH is 1. The minimum Gasteiger partial charge on any atom is -0.479 e. The molecule has 1 unspecified atom stereocenters. The standard InChI is InChI=1S/C3H6O3.Na.Zr/c1-2(4)3(5)6;;/h2,4H,1H3,(H,5,6);;. The Morgan fingerprint density at radius 1 is 1.62 bits per heavy atom. The molecule has 0 aromatic rings. The van der Waals surface area contributed by atoms with Gasteiger partial charge in [0.15, 0.2) is 0 Å². The van der Waals surface area contributed by atoms with Crippen LogP contribution in [0.25, 0.3) is 0 Å². The zero-order valence-electron chi connectivity index (χ0n) is 4.88. The Bertz CT molecular complexity index is 65.5. The predicted molar refractivity (Wildman–Crippen MR) is 25.1 cm³/mol. The molecule has 0 aromatic heterocycles. The Morgan fingerprint density at radius 3 is 1.75 bits per heavy atom. The summed E-state index contributed by atoms with van der Waals surface area (Å²) in [5.41, 5.74) is 0. The summed E-state index contributed by atoms with van der Waals surface area (Å²) in [6.07, 6.45) is -1.23. The maximum Gasteiger partial charge on any atom is 0.332 e. The second-order valence-electron chi connectivity index (χ2n) is 1.01. The van der Waals surface area contributed by atoms with Gasteiger partial charge in [0.1, 0.15) is 6.10 Å². The molecule has 0 amide bonds. The molecule has 0 aromatic carbocycles. The van der Waals surface area contributed by atoms with Crippen molar-refractivity contribution in [3.8, 4) is 0 Å². The second-order valence-corrected chi connectivity index (χ2v) is 1.01. The Hall–Kier alpha value is 1.31. The van der Waals surface area contributed by atoms with Gasteiger partial charge in [0.05, 0.1) is 0 Å². The van der Waals surface area contributed by atoms with Gasteiger partial charge >= 0.3 is 5.97 Å². The van der Waals surface area contributed by atoms with E-state index in [2.05, 4.69) is 0 Å². The van der Waals surface area contributed by atoms with Gasteiger partial charge in [-0.05, 0) is 6.92 Å². The van der Waals surface area contributed by atoms with Crippen molar-refractivity contribution in [1.82, 2.24) is 0 Å². The van der Waals surface area contributed by atoms with Crippen LogP contribution in [-0.4, -0.2) is 51.8 Å². The predicted octanol–water partition coefficient (Wildman–Crippen LogP) is -0.931. The molecule has 0 aliphatic heterocycles. The number of aliphatic hydroxyl groups is 1. The molecule has 41 valence electrons. The normalized spacial score (nSPS) is 10.2. The molecule has 1 radical (unpaired) electrons. The molecule has 0 saturated carbocycles. The van der Waals surface area contributed by atoms with Gasteiger partial charge in [-0.2, -0.15) is 0 Å². The average Bonchev–Trinajstić information content (AvgIpc) is 1.36. The van der Waals surface area contributed by atoms with Gasteiger partial charge in [-0.1, -0.05) is 0 Å². The molecule has 0 aliphatic rings. The number of aliphatic carboxylic acids is 1. The fourth-order valence-corrected chi connectivity index (χ4v) is 0. The van der Waals surface area contributed by atoms with E-state index in [0.29, 0.717) is 0 Å². The zero-order valence-corrected chi connectivity index (χ0v) is 9.34. The molecular formula is C3H6NaO3Zr. The van der Waals surface area contributed by atoms with Crippen molar-refractivity contribution in [2.24, 2.45) is 0 Å². The molecular weight excluding hydrogens is 198 g/mol. The van der Waals surface area contributed by atoms with Crippen LogP contribution in [0.3, 0.4) is 0 Å². The zero-order chi connectivity index (χ0) is 5.15. The third-order valence-corrected chi connectivity index (χ3v) is 0.357. The first-order valence-corrected chi connectivity index (χ1v) is 1.55. The van der Waals surface area contributed by atoms with Crippen LogP contribution >= 0.6 is 0 Å². The van der Waals surface area contributed by atoms with Gasteiger partial charge in [0, 0.05) is 55.8 Å². The Balaban J connectivity index is -0.000000125. The number of hydrogen-bond donors (Lipinski definition) is 2. The van der Waals surface area contributed by atoms with Crippen LogP contribution in [0.2, 0.25) is 0 Å². The van der Waals surface area contributed by atoms with E-state index < -0.39 is 12.1 Å². The summed E-state index contributed by atoms with van der Waals surface area (Å²) in [5.74, 6) is -1.19. The van der Waals surface area contributed by atoms with E-state index in [0.717, 1.165) is 0 Å². The minimum atomic E-state index is -1.23. The van der Waals surface area contributed by atoms with Crippen LogP contribution in [-0.2, 0) is 31.0 Å². The summed E-state index contributed by atoms with van der Waals surface area (Å²) in [6.45, 7) is 1.20. The van der Waals surface area contributed by atoms with Crippen molar-refractivity contribution in [3.63, 3.8) is 0 Å². The van der Waals surface area contributed by atoms with E-state index >= 15 is 0 Å². The maximum atomic E-state index is 9.45. The summed E-state index contributed by atoms with van der Waals surface area (Å²) in [5, 5.41) is 15.8. The first-order valence-electron chi connectivity index (χ1n) is 1.55. The van der Waals surface area contributed by atoms with Gasteiger partial charge in [-0.15, -0.1) is 0 Å². The molecule has 0 rings (SSSR count). The summed E-state index contributed by atoms with van der Waals surface area (Å²) in [4.78, 5) is 9.45. The molecule has 2 N–H and O–H groups in total. The number of carboxylic acids is 1. The molecule has 0 fully saturated rings. The van der Waals surface area contributed by atoms with Crippen LogP contribution in [0.15, 0.2) is 0 Å². The summed E-state index contributed by atoms with van der Waals surface area (Å²) in [6, 6.07) is 0. The van der Waals surface area contributed by atoms with Crippen LogP contribution in [0.5, 0.6) is 0 Å². The summed E-state index contributed by atoms with van der Waals surface area (Å²) >= 11 is 0. The third-order valence-electron chi connectivity index (χ3n) is 0.357. The second kappa shape index (κ2) is 8.31.